The molecule has 0 amide bonds. The Morgan fingerprint density at radius 2 is 2.33 bits per heavy atom. The number of ether oxygens (including phenoxy) is 1. The van der Waals surface area contributed by atoms with Crippen LogP contribution in [-0.4, -0.2) is 34.8 Å². The predicted molar refractivity (Wildman–Crippen MR) is 53.9 cm³/mol. The van der Waals surface area contributed by atoms with Crippen molar-refractivity contribution in [2.24, 2.45) is 0 Å². The van der Waals surface area contributed by atoms with Crippen molar-refractivity contribution in [1.82, 2.24) is 9.97 Å². The van der Waals surface area contributed by atoms with Gasteiger partial charge in [-0.1, -0.05) is 0 Å². The molecule has 0 aliphatic carbocycles. The van der Waals surface area contributed by atoms with Crippen molar-refractivity contribution in [2.45, 2.75) is 19.8 Å². The highest BCUT2D eigenvalue weighted by Crippen LogP contribution is 2.05. The fourth-order valence-corrected chi connectivity index (χ4v) is 1.19. The molecule has 0 bridgehead atoms. The minimum Gasteiger partial charge on any atom is -0.477 e. The summed E-state index contributed by atoms with van der Waals surface area (Å²) in [4.78, 5) is 18.8. The Labute approximate surface area is 88.1 Å². The number of hydrogen-bond donors (Lipinski definition) is 1. The molecule has 0 spiro atoms. The van der Waals surface area contributed by atoms with Gasteiger partial charge < -0.3 is 9.84 Å². The number of carboxylic acid groups (broad SMARTS) is 1. The third-order valence-electron chi connectivity index (χ3n) is 1.97. The minimum absolute atomic E-state index is 0.0809. The van der Waals surface area contributed by atoms with E-state index in [1.807, 2.05) is 0 Å². The Bertz CT molecular complexity index is 353. The van der Waals surface area contributed by atoms with Crippen LogP contribution in [0.5, 0.6) is 0 Å². The Morgan fingerprint density at radius 1 is 1.60 bits per heavy atom. The highest BCUT2D eigenvalue weighted by atomic mass is 16.5. The number of nitrogens with zero attached hydrogens (tertiary/aromatic N) is 2. The molecule has 1 rings (SSSR count). The zero-order valence-electron chi connectivity index (χ0n) is 8.86. The van der Waals surface area contributed by atoms with Crippen LogP contribution in [0.15, 0.2) is 6.20 Å². The van der Waals surface area contributed by atoms with Gasteiger partial charge in [0.15, 0.2) is 5.69 Å². The summed E-state index contributed by atoms with van der Waals surface area (Å²) >= 11 is 0. The smallest absolute Gasteiger partial charge is 0.354 e. The fourth-order valence-electron chi connectivity index (χ4n) is 1.19. The maximum absolute atomic E-state index is 10.8. The molecule has 0 unspecified atom stereocenters. The highest BCUT2D eigenvalue weighted by Gasteiger charge is 2.10. The number of hydrogen-bond acceptors (Lipinski definition) is 4. The molecular weight excluding hydrogens is 196 g/mol. The number of methoxy groups -OCH3 is 1. The van der Waals surface area contributed by atoms with Gasteiger partial charge in [-0.2, -0.15) is 0 Å². The fraction of sp³-hybridized carbons (Fsp3) is 0.500. The van der Waals surface area contributed by atoms with Gasteiger partial charge in [-0.3, -0.25) is 0 Å². The first kappa shape index (κ1) is 11.6. The summed E-state index contributed by atoms with van der Waals surface area (Å²) in [5.41, 5.74) is 0.662. The van der Waals surface area contributed by atoms with Crippen LogP contribution in [0.2, 0.25) is 0 Å². The highest BCUT2D eigenvalue weighted by molar-refractivity contribution is 5.86. The van der Waals surface area contributed by atoms with Crippen LogP contribution in [0.1, 0.15) is 28.3 Å². The molecule has 0 aliphatic rings. The summed E-state index contributed by atoms with van der Waals surface area (Å²) in [6.07, 6.45) is 2.96. The lowest BCUT2D eigenvalue weighted by atomic mass is 10.2. The molecule has 0 atom stereocenters. The van der Waals surface area contributed by atoms with Crippen LogP contribution in [0.3, 0.4) is 0 Å². The first-order chi connectivity index (χ1) is 7.15. The van der Waals surface area contributed by atoms with Gasteiger partial charge in [-0.05, 0) is 13.3 Å². The average molecular weight is 210 g/mol. The van der Waals surface area contributed by atoms with E-state index in [9.17, 15) is 4.79 Å². The third-order valence-corrected chi connectivity index (χ3v) is 1.97. The maximum atomic E-state index is 10.8. The van der Waals surface area contributed by atoms with Gasteiger partial charge in [0.25, 0.3) is 0 Å². The molecule has 0 saturated carbocycles. The van der Waals surface area contributed by atoms with Crippen molar-refractivity contribution in [3.63, 3.8) is 0 Å². The standard InChI is InChI=1S/C10H14N2O3/c1-7-6-11-8(4-3-5-15-2)12-9(7)10(13)14/h6H,3-5H2,1-2H3,(H,13,14). The number of aromatic nitrogens is 2. The second-order valence-corrected chi connectivity index (χ2v) is 3.22. The van der Waals surface area contributed by atoms with Crippen molar-refractivity contribution in [2.75, 3.05) is 13.7 Å². The zero-order chi connectivity index (χ0) is 11.3. The van der Waals surface area contributed by atoms with Crippen molar-refractivity contribution < 1.29 is 14.6 Å². The largest absolute Gasteiger partial charge is 0.477 e. The molecule has 15 heavy (non-hydrogen) atoms. The molecule has 1 aromatic rings. The van der Waals surface area contributed by atoms with Gasteiger partial charge in [0.1, 0.15) is 5.82 Å². The normalized spacial score (nSPS) is 10.3. The summed E-state index contributed by atoms with van der Waals surface area (Å²) < 4.78 is 4.89. The van der Waals surface area contributed by atoms with Gasteiger partial charge in [0, 0.05) is 31.9 Å². The Balaban J connectivity index is 2.74. The molecule has 1 heterocycles. The van der Waals surface area contributed by atoms with Crippen LogP contribution >= 0.6 is 0 Å². The number of aryl methyl sites for hydroxylation is 2. The molecule has 5 nitrogen and oxygen atoms in total. The van der Waals surface area contributed by atoms with Gasteiger partial charge in [-0.25, -0.2) is 14.8 Å². The van der Waals surface area contributed by atoms with Gasteiger partial charge in [0.05, 0.1) is 0 Å². The maximum Gasteiger partial charge on any atom is 0.354 e. The molecule has 0 aliphatic heterocycles. The Hall–Kier alpha value is -1.49. The number of carboxylic acids is 1. The third kappa shape index (κ3) is 3.28. The second kappa shape index (κ2) is 5.41. The molecule has 5 heteroatoms. The number of rotatable bonds is 5. The van der Waals surface area contributed by atoms with Crippen LogP contribution < -0.4 is 0 Å². The summed E-state index contributed by atoms with van der Waals surface area (Å²) in [6, 6.07) is 0. The molecule has 82 valence electrons. The topological polar surface area (TPSA) is 72.3 Å². The molecule has 0 saturated heterocycles. The van der Waals surface area contributed by atoms with E-state index in [4.69, 9.17) is 9.84 Å². The zero-order valence-corrected chi connectivity index (χ0v) is 8.86. The first-order valence-corrected chi connectivity index (χ1v) is 4.70. The van der Waals surface area contributed by atoms with Crippen molar-refractivity contribution in [3.8, 4) is 0 Å². The monoisotopic (exact) mass is 210 g/mol. The molecule has 0 aromatic carbocycles. The molecule has 0 fully saturated rings. The van der Waals surface area contributed by atoms with E-state index < -0.39 is 5.97 Å². The van der Waals surface area contributed by atoms with Crippen LogP contribution in [0.25, 0.3) is 0 Å². The number of aromatic carboxylic acids is 1. The van der Waals surface area contributed by atoms with Gasteiger partial charge in [0.2, 0.25) is 0 Å². The predicted octanol–water partition coefficient (Wildman–Crippen LogP) is 1.06. The SMILES string of the molecule is COCCCc1ncc(C)c(C(=O)O)n1. The second-order valence-electron chi connectivity index (χ2n) is 3.22. The van der Waals surface area contributed by atoms with E-state index in [-0.39, 0.29) is 5.69 Å². The van der Waals surface area contributed by atoms with Crippen molar-refractivity contribution >= 4 is 5.97 Å². The summed E-state index contributed by atoms with van der Waals surface area (Å²) in [5.74, 6) is -0.460. The van der Waals surface area contributed by atoms with Crippen molar-refractivity contribution in [1.29, 1.82) is 0 Å². The van der Waals surface area contributed by atoms with Crippen molar-refractivity contribution in [3.05, 3.63) is 23.3 Å². The van der Waals surface area contributed by atoms with E-state index in [2.05, 4.69) is 9.97 Å². The lowest BCUT2D eigenvalue weighted by Gasteiger charge is -2.03. The molecule has 1 aromatic heterocycles. The summed E-state index contributed by atoms with van der Waals surface area (Å²) in [5, 5.41) is 8.85. The number of carbonyl (C=O) groups is 1. The van der Waals surface area contributed by atoms with Crippen LogP contribution in [0.4, 0.5) is 0 Å². The molecular formula is C10H14N2O3. The van der Waals surface area contributed by atoms with E-state index in [1.165, 1.54) is 0 Å². The Kier molecular flexibility index (Phi) is 4.17. The first-order valence-electron chi connectivity index (χ1n) is 4.70. The lowest BCUT2D eigenvalue weighted by molar-refractivity contribution is 0.0689. The minimum atomic E-state index is -1.01. The van der Waals surface area contributed by atoms with E-state index in [1.54, 1.807) is 20.2 Å². The van der Waals surface area contributed by atoms with Crippen LogP contribution in [-0.2, 0) is 11.2 Å². The molecule has 0 radical (unpaired) electrons. The summed E-state index contributed by atoms with van der Waals surface area (Å²) in [6.45, 7) is 2.31. The van der Waals surface area contributed by atoms with Crippen LogP contribution in [0, 0.1) is 6.92 Å². The van der Waals surface area contributed by atoms with E-state index >= 15 is 0 Å². The lowest BCUT2D eigenvalue weighted by Crippen LogP contribution is -2.08. The quantitative estimate of drug-likeness (QED) is 0.736. The van der Waals surface area contributed by atoms with E-state index in [0.29, 0.717) is 24.4 Å². The Morgan fingerprint density at radius 3 is 2.93 bits per heavy atom. The van der Waals surface area contributed by atoms with E-state index in [0.717, 1.165) is 6.42 Å². The summed E-state index contributed by atoms with van der Waals surface area (Å²) in [7, 11) is 1.62. The molecule has 1 N–H and O–H groups in total. The van der Waals surface area contributed by atoms with Gasteiger partial charge >= 0.3 is 5.97 Å². The average Bonchev–Trinajstić information content (AvgIpc) is 2.20. The van der Waals surface area contributed by atoms with Gasteiger partial charge in [-0.15, -0.1) is 0 Å².